The lowest BCUT2D eigenvalue weighted by Crippen LogP contribution is -2.48. The van der Waals surface area contributed by atoms with E-state index >= 15 is 0 Å². The fourth-order valence-corrected chi connectivity index (χ4v) is 0.722. The lowest BCUT2D eigenvalue weighted by Gasteiger charge is -2.31. The van der Waals surface area contributed by atoms with Gasteiger partial charge in [0.05, 0.1) is 5.29 Å². The Labute approximate surface area is 51.2 Å². The Balaban J connectivity index is 2.44. The van der Waals surface area contributed by atoms with Crippen molar-refractivity contribution in [2.24, 2.45) is 5.29 Å². The summed E-state index contributed by atoms with van der Waals surface area (Å²) in [6.45, 7) is 0.473. The smallest absolute Gasteiger partial charge is 0.328 e. The van der Waals surface area contributed by atoms with Gasteiger partial charge in [0.25, 0.3) is 0 Å². The second-order valence-corrected chi connectivity index (χ2v) is 1.89. The first kappa shape index (κ1) is 6.00. The summed E-state index contributed by atoms with van der Waals surface area (Å²) < 4.78 is 0. The number of nitroso groups, excluding NO2 is 1. The van der Waals surface area contributed by atoms with Gasteiger partial charge in [-0.1, -0.05) is 0 Å². The molecule has 0 saturated carbocycles. The summed E-state index contributed by atoms with van der Waals surface area (Å²) in [6, 6.07) is -0.664. The van der Waals surface area contributed by atoms with Crippen LogP contribution in [-0.2, 0) is 4.79 Å². The Morgan fingerprint density at radius 2 is 2.44 bits per heavy atom. The molecule has 5 nitrogen and oxygen atoms in total. The van der Waals surface area contributed by atoms with Gasteiger partial charge < -0.3 is 5.11 Å². The van der Waals surface area contributed by atoms with Crippen LogP contribution >= 0.6 is 0 Å². The first-order valence-electron chi connectivity index (χ1n) is 2.58. The molecule has 1 atom stereocenters. The number of aliphatic carboxylic acids is 1. The van der Waals surface area contributed by atoms with Gasteiger partial charge in [-0.25, -0.2) is 9.80 Å². The van der Waals surface area contributed by atoms with Gasteiger partial charge in [0.1, 0.15) is 6.04 Å². The number of carbonyl (C=O) groups is 1. The zero-order valence-electron chi connectivity index (χ0n) is 4.65. The Morgan fingerprint density at radius 3 is 2.56 bits per heavy atom. The van der Waals surface area contributed by atoms with E-state index in [0.29, 0.717) is 13.0 Å². The molecular weight excluding hydrogens is 124 g/mol. The van der Waals surface area contributed by atoms with Crippen molar-refractivity contribution >= 4 is 5.97 Å². The predicted molar refractivity (Wildman–Crippen MR) is 28.5 cm³/mol. The predicted octanol–water partition coefficient (Wildman–Crippen LogP) is -0.173. The van der Waals surface area contributed by atoms with Crippen molar-refractivity contribution in [1.29, 1.82) is 0 Å². The van der Waals surface area contributed by atoms with E-state index in [4.69, 9.17) is 5.11 Å². The largest absolute Gasteiger partial charge is 0.480 e. The first-order chi connectivity index (χ1) is 4.25. The lowest BCUT2D eigenvalue weighted by molar-refractivity contribution is -0.148. The molecule has 1 unspecified atom stereocenters. The molecule has 0 bridgehead atoms. The van der Waals surface area contributed by atoms with Crippen LogP contribution in [0.5, 0.6) is 0 Å². The number of hydrogen-bond donors (Lipinski definition) is 1. The molecule has 0 spiro atoms. The lowest BCUT2D eigenvalue weighted by atomic mass is 10.1. The summed E-state index contributed by atoms with van der Waals surface area (Å²) in [7, 11) is 0. The Kier molecular flexibility index (Phi) is 1.33. The van der Waals surface area contributed by atoms with E-state index in [1.54, 1.807) is 0 Å². The van der Waals surface area contributed by atoms with Crippen LogP contribution in [0.1, 0.15) is 6.42 Å². The number of carboxylic acids is 1. The van der Waals surface area contributed by atoms with Gasteiger partial charge in [-0.15, -0.1) is 4.91 Å². The van der Waals surface area contributed by atoms with E-state index in [0.717, 1.165) is 5.01 Å². The molecule has 0 aromatic carbocycles. The first-order valence-corrected chi connectivity index (χ1v) is 2.58. The highest BCUT2D eigenvalue weighted by Crippen LogP contribution is 2.16. The van der Waals surface area contributed by atoms with Crippen molar-refractivity contribution < 1.29 is 9.90 Å². The molecule has 1 rings (SSSR count). The number of nitrogens with zero attached hydrogens (tertiary/aromatic N) is 2. The molecule has 1 N–H and O–H groups in total. The van der Waals surface area contributed by atoms with Gasteiger partial charge in [-0.05, 0) is 6.42 Å². The molecule has 1 aliphatic heterocycles. The van der Waals surface area contributed by atoms with Crippen LogP contribution in [0.15, 0.2) is 5.29 Å². The maximum Gasteiger partial charge on any atom is 0.328 e. The minimum absolute atomic E-state index is 0.473. The Bertz CT molecular complexity index is 147. The van der Waals surface area contributed by atoms with Crippen LogP contribution in [0.4, 0.5) is 0 Å². The third kappa shape index (κ3) is 0.847. The van der Waals surface area contributed by atoms with Crippen molar-refractivity contribution in [3.8, 4) is 0 Å². The van der Waals surface area contributed by atoms with Gasteiger partial charge in [0, 0.05) is 6.54 Å². The quantitative estimate of drug-likeness (QED) is 0.526. The topological polar surface area (TPSA) is 70.0 Å². The Morgan fingerprint density at radius 1 is 1.78 bits per heavy atom. The third-order valence-electron chi connectivity index (χ3n) is 1.38. The molecule has 5 heteroatoms. The summed E-state index contributed by atoms with van der Waals surface area (Å²) in [6.07, 6.45) is 0.529. The van der Waals surface area contributed by atoms with Crippen molar-refractivity contribution in [2.75, 3.05) is 6.54 Å². The van der Waals surface area contributed by atoms with E-state index in [1.807, 2.05) is 0 Å². The molecule has 50 valence electrons. The molecule has 1 heterocycles. The zero-order valence-corrected chi connectivity index (χ0v) is 4.65. The van der Waals surface area contributed by atoms with Crippen LogP contribution < -0.4 is 0 Å². The monoisotopic (exact) mass is 130 g/mol. The molecule has 0 radical (unpaired) electrons. The summed E-state index contributed by atoms with van der Waals surface area (Å²) >= 11 is 0. The third-order valence-corrected chi connectivity index (χ3v) is 1.38. The number of hydrogen-bond acceptors (Lipinski definition) is 3. The molecule has 0 aromatic heterocycles. The van der Waals surface area contributed by atoms with E-state index in [1.165, 1.54) is 0 Å². The van der Waals surface area contributed by atoms with Crippen molar-refractivity contribution in [1.82, 2.24) is 5.01 Å². The Hall–Kier alpha value is -1.13. The van der Waals surface area contributed by atoms with E-state index in [2.05, 4.69) is 5.29 Å². The summed E-state index contributed by atoms with van der Waals surface area (Å²) in [4.78, 5) is 19.8. The maximum atomic E-state index is 10.1. The second kappa shape index (κ2) is 2.00. The maximum absolute atomic E-state index is 10.1. The highest BCUT2D eigenvalue weighted by atomic mass is 16.4. The molecule has 0 amide bonds. The number of rotatable bonds is 2. The van der Waals surface area contributed by atoms with Crippen molar-refractivity contribution in [3.63, 3.8) is 0 Å². The summed E-state index contributed by atoms with van der Waals surface area (Å²) in [5.74, 6) is -0.971. The zero-order chi connectivity index (χ0) is 6.85. The molecule has 0 aromatic rings. The molecule has 1 saturated heterocycles. The van der Waals surface area contributed by atoms with E-state index in [-0.39, 0.29) is 0 Å². The minimum Gasteiger partial charge on any atom is -0.480 e. The van der Waals surface area contributed by atoms with Crippen LogP contribution in [0.2, 0.25) is 0 Å². The fourth-order valence-electron chi connectivity index (χ4n) is 0.722. The van der Waals surface area contributed by atoms with Crippen molar-refractivity contribution in [3.05, 3.63) is 4.91 Å². The van der Waals surface area contributed by atoms with Crippen LogP contribution in [-0.4, -0.2) is 28.7 Å². The highest BCUT2D eigenvalue weighted by molar-refractivity contribution is 5.74. The van der Waals surface area contributed by atoms with E-state index in [9.17, 15) is 9.70 Å². The van der Waals surface area contributed by atoms with Crippen LogP contribution in [0.25, 0.3) is 0 Å². The second-order valence-electron chi connectivity index (χ2n) is 1.89. The molecule has 9 heavy (non-hydrogen) atoms. The van der Waals surface area contributed by atoms with Crippen LogP contribution in [0.3, 0.4) is 0 Å². The number of carboxylic acid groups (broad SMARTS) is 1. The average molecular weight is 130 g/mol. The molecular formula is C4H6N2O3. The SMILES string of the molecule is O=NN1CCC1C(=O)O. The average Bonchev–Trinajstić information content (AvgIpc) is 1.61. The van der Waals surface area contributed by atoms with E-state index < -0.39 is 12.0 Å². The standard InChI is InChI=1S/C4H6N2O3/c7-4(8)3-1-2-6(3)5-9/h3H,1-2H2,(H,7,8). The normalized spacial score (nSPS) is 24.9. The molecule has 1 aliphatic rings. The summed E-state index contributed by atoms with van der Waals surface area (Å²) in [5.41, 5.74) is 0. The molecule has 1 fully saturated rings. The van der Waals surface area contributed by atoms with Crippen LogP contribution in [0, 0.1) is 4.91 Å². The van der Waals surface area contributed by atoms with Gasteiger partial charge in [0.2, 0.25) is 0 Å². The van der Waals surface area contributed by atoms with Crippen molar-refractivity contribution in [2.45, 2.75) is 12.5 Å². The minimum atomic E-state index is -0.971. The highest BCUT2D eigenvalue weighted by Gasteiger charge is 2.34. The van der Waals surface area contributed by atoms with Gasteiger partial charge in [0.15, 0.2) is 0 Å². The van der Waals surface area contributed by atoms with Gasteiger partial charge >= 0.3 is 5.97 Å². The molecule has 0 aliphatic carbocycles. The fraction of sp³-hybridized carbons (Fsp3) is 0.750. The van der Waals surface area contributed by atoms with Gasteiger partial charge in [-0.3, -0.25) is 0 Å². The van der Waals surface area contributed by atoms with Gasteiger partial charge in [-0.2, -0.15) is 0 Å². The summed E-state index contributed by atoms with van der Waals surface area (Å²) in [5, 5.41) is 11.8.